The molecule has 128 valence electrons. The molecule has 21 heavy (non-hydrogen) atoms. The number of halogens is 6. The molecule has 0 aliphatic heterocycles. The van der Waals surface area contributed by atoms with E-state index in [0.29, 0.717) is 0 Å². The number of aliphatic hydroxyl groups is 1. The van der Waals surface area contributed by atoms with Crippen LogP contribution >= 0.6 is 7.26 Å². The van der Waals surface area contributed by atoms with Crippen molar-refractivity contribution < 1.29 is 31.4 Å². The average molecular weight is 341 g/mol. The monoisotopic (exact) mass is 341 g/mol. The van der Waals surface area contributed by atoms with Crippen LogP contribution in [0.3, 0.4) is 0 Å². The van der Waals surface area contributed by atoms with Crippen molar-refractivity contribution in [2.24, 2.45) is 0 Å². The Morgan fingerprint density at radius 3 is 1.10 bits per heavy atom. The lowest BCUT2D eigenvalue weighted by Gasteiger charge is -2.48. The average Bonchev–Trinajstić information content (AvgIpc) is 2.09. The van der Waals surface area contributed by atoms with Gasteiger partial charge in [-0.3, -0.25) is 0 Å². The van der Waals surface area contributed by atoms with Crippen LogP contribution in [-0.4, -0.2) is 46.2 Å². The van der Waals surface area contributed by atoms with Crippen molar-refractivity contribution in [2.45, 2.75) is 69.8 Å². The van der Waals surface area contributed by atoms with Gasteiger partial charge in [-0.25, -0.2) is 0 Å². The zero-order chi connectivity index (χ0) is 17.7. The van der Waals surface area contributed by atoms with Crippen molar-refractivity contribution in [1.29, 1.82) is 0 Å². The van der Waals surface area contributed by atoms with Gasteiger partial charge in [0.2, 0.25) is 0 Å². The Kier molecular flexibility index (Phi) is 5.25. The maximum atomic E-state index is 13.0. The van der Waals surface area contributed by atoms with Crippen LogP contribution in [-0.2, 0) is 0 Å². The Bertz CT molecular complexity index is 308. The lowest BCUT2D eigenvalue weighted by atomic mass is 10.1. The van der Waals surface area contributed by atoms with E-state index in [1.807, 2.05) is 0 Å². The molecule has 0 fully saturated rings. The Labute approximate surface area is 122 Å². The van der Waals surface area contributed by atoms with E-state index in [1.165, 1.54) is 6.66 Å². The zero-order valence-electron chi connectivity index (χ0n) is 13.4. The van der Waals surface area contributed by atoms with E-state index in [4.69, 9.17) is 0 Å². The van der Waals surface area contributed by atoms with Crippen molar-refractivity contribution >= 4 is 7.26 Å². The van der Waals surface area contributed by atoms with Crippen molar-refractivity contribution in [3.63, 3.8) is 0 Å². The van der Waals surface area contributed by atoms with Crippen molar-refractivity contribution in [3.05, 3.63) is 0 Å². The van der Waals surface area contributed by atoms with Gasteiger partial charge in [0.1, 0.15) is 6.16 Å². The van der Waals surface area contributed by atoms with Gasteiger partial charge in [0, 0.05) is 7.26 Å². The summed E-state index contributed by atoms with van der Waals surface area (Å²) in [4.78, 5) is 0. The Balaban J connectivity index is 6.15. The molecule has 0 aliphatic carbocycles. The molecule has 0 saturated carbocycles. The summed E-state index contributed by atoms with van der Waals surface area (Å²) in [6.45, 7) is 11.2. The lowest BCUT2D eigenvalue weighted by Crippen LogP contribution is -2.61. The summed E-state index contributed by atoms with van der Waals surface area (Å²) in [6.07, 6.45) is -12.9. The zero-order valence-corrected chi connectivity index (χ0v) is 14.3. The first-order valence-electron chi connectivity index (χ1n) is 6.42. The molecule has 0 atom stereocenters. The van der Waals surface area contributed by atoms with Crippen LogP contribution in [0.5, 0.6) is 0 Å². The molecule has 0 aromatic heterocycles. The Hall–Kier alpha value is -0.0300. The third kappa shape index (κ3) is 3.66. The molecule has 0 unspecified atom stereocenters. The van der Waals surface area contributed by atoms with E-state index in [2.05, 4.69) is 0 Å². The minimum atomic E-state index is -5.76. The number of alkyl halides is 6. The third-order valence-electron chi connectivity index (χ3n) is 4.44. The predicted octanol–water partition coefficient (Wildman–Crippen LogP) is 5.09. The lowest BCUT2D eigenvalue weighted by molar-refractivity contribution is -0.359. The van der Waals surface area contributed by atoms with Gasteiger partial charge in [-0.05, 0) is 41.5 Å². The quantitative estimate of drug-likeness (QED) is 0.548. The molecule has 0 spiro atoms. The van der Waals surface area contributed by atoms with Crippen LogP contribution < -0.4 is 0 Å². The minimum Gasteiger partial charge on any atom is -0.371 e. The highest BCUT2D eigenvalue weighted by Gasteiger charge is 2.76. The molecule has 8 heteroatoms. The summed E-state index contributed by atoms with van der Waals surface area (Å²) in [6, 6.07) is 0. The fraction of sp³-hybridized carbons (Fsp3) is 1.00. The van der Waals surface area contributed by atoms with Gasteiger partial charge in [0.05, 0.1) is 17.0 Å². The van der Waals surface area contributed by atoms with Gasteiger partial charge in [-0.15, -0.1) is 0 Å². The summed E-state index contributed by atoms with van der Waals surface area (Å²) < 4.78 is 77.7. The molecule has 1 nitrogen and oxygen atoms in total. The van der Waals surface area contributed by atoms with E-state index >= 15 is 0 Å². The largest absolute Gasteiger partial charge is 0.429 e. The van der Waals surface area contributed by atoms with Crippen LogP contribution in [0.25, 0.3) is 0 Å². The van der Waals surface area contributed by atoms with Crippen molar-refractivity contribution in [1.82, 2.24) is 0 Å². The molecule has 0 aromatic carbocycles. The second-order valence-corrected chi connectivity index (χ2v) is 12.9. The van der Waals surface area contributed by atoms with Crippen LogP contribution in [0.15, 0.2) is 0 Å². The van der Waals surface area contributed by atoms with Crippen molar-refractivity contribution in [3.8, 4) is 0 Å². The summed E-state index contributed by atoms with van der Waals surface area (Å²) in [7, 11) is -2.84. The van der Waals surface area contributed by atoms with Gasteiger partial charge in [-0.1, -0.05) is 0 Å². The fourth-order valence-electron chi connectivity index (χ4n) is 2.28. The Morgan fingerprint density at radius 1 is 0.714 bits per heavy atom. The van der Waals surface area contributed by atoms with Gasteiger partial charge < -0.3 is 5.11 Å². The molecule has 0 heterocycles. The second kappa shape index (κ2) is 5.26. The SMILES string of the molecule is CC(C)(C)[P+](C)(CC(O)(C(F)(F)F)C(F)(F)F)C(C)(C)C. The maximum absolute atomic E-state index is 13.0. The number of hydrogen-bond donors (Lipinski definition) is 1. The molecule has 0 rings (SSSR count). The first kappa shape index (κ1) is 21.0. The fourth-order valence-corrected chi connectivity index (χ4v) is 6.51. The molecule has 1 N–H and O–H groups in total. The predicted molar refractivity (Wildman–Crippen MR) is 74.3 cm³/mol. The highest BCUT2D eigenvalue weighted by Crippen LogP contribution is 2.76. The van der Waals surface area contributed by atoms with E-state index in [-0.39, 0.29) is 0 Å². The summed E-state index contributed by atoms with van der Waals surface area (Å²) in [5, 5.41) is 7.99. The molecule has 0 amide bonds. The third-order valence-corrected chi connectivity index (χ3v) is 11.5. The van der Waals surface area contributed by atoms with E-state index in [9.17, 15) is 31.4 Å². The van der Waals surface area contributed by atoms with E-state index in [0.717, 1.165) is 0 Å². The second-order valence-electron chi connectivity index (χ2n) is 7.55. The minimum absolute atomic E-state index is 0.768. The molecule has 0 aliphatic rings. The first-order valence-corrected chi connectivity index (χ1v) is 8.84. The standard InChI is InChI=1S/C13H24F6OP/c1-9(2,3)21(7,10(4,5)6)8-11(20,12(14,15)16)13(17,18)19/h20H,8H2,1-7H3/q+1. The molecule has 0 aromatic rings. The molecular weight excluding hydrogens is 317 g/mol. The van der Waals surface area contributed by atoms with Gasteiger partial charge in [0.15, 0.2) is 0 Å². The van der Waals surface area contributed by atoms with Crippen LogP contribution in [0.4, 0.5) is 26.3 Å². The van der Waals surface area contributed by atoms with Crippen molar-refractivity contribution in [2.75, 3.05) is 12.8 Å². The topological polar surface area (TPSA) is 20.2 Å². The number of hydrogen-bond acceptors (Lipinski definition) is 1. The van der Waals surface area contributed by atoms with E-state index < -0.39 is 41.7 Å². The normalized spacial score (nSPS) is 16.3. The highest BCUT2D eigenvalue weighted by molar-refractivity contribution is 7.78. The summed E-state index contributed by atoms with van der Waals surface area (Å²) >= 11 is 0. The maximum Gasteiger partial charge on any atom is 0.429 e. The molecule has 0 bridgehead atoms. The van der Waals surface area contributed by atoms with Gasteiger partial charge in [0.25, 0.3) is 5.60 Å². The Morgan fingerprint density at radius 2 is 0.952 bits per heavy atom. The van der Waals surface area contributed by atoms with Crippen LogP contribution in [0.1, 0.15) is 41.5 Å². The van der Waals surface area contributed by atoms with Crippen LogP contribution in [0.2, 0.25) is 0 Å². The van der Waals surface area contributed by atoms with Crippen LogP contribution in [0, 0.1) is 0 Å². The highest BCUT2D eigenvalue weighted by atomic mass is 31.2. The first-order chi connectivity index (χ1) is 8.71. The number of rotatable bonds is 2. The summed E-state index contributed by atoms with van der Waals surface area (Å²) in [5.41, 5.74) is -4.68. The molecule has 0 saturated heterocycles. The smallest absolute Gasteiger partial charge is 0.371 e. The molecular formula is C13H24F6OP+. The summed E-state index contributed by atoms with van der Waals surface area (Å²) in [5.74, 6) is 0. The van der Waals surface area contributed by atoms with Gasteiger partial charge in [-0.2, -0.15) is 26.3 Å². The van der Waals surface area contributed by atoms with Gasteiger partial charge >= 0.3 is 12.4 Å². The molecule has 0 radical (unpaired) electrons. The van der Waals surface area contributed by atoms with E-state index in [1.54, 1.807) is 41.5 Å².